The summed E-state index contributed by atoms with van der Waals surface area (Å²) in [6.07, 6.45) is 0.808. The molecule has 10 nitrogen and oxygen atoms in total. The SMILES string of the molecule is COc1cc(N2CC3(CCC2=O)CCN(C)CC3)ccc1Nc1ncc(C(F)(F)F)c(Oc2cccc3c2C(=O)N(C)C32CC2)n1. The van der Waals surface area contributed by atoms with Crippen molar-refractivity contribution in [1.29, 1.82) is 0 Å². The van der Waals surface area contributed by atoms with Crippen molar-refractivity contribution in [2.45, 2.75) is 50.2 Å². The molecule has 0 bridgehead atoms. The normalized spacial score (nSPS) is 20.3. The average Bonchev–Trinajstić information content (AvgIpc) is 3.81. The lowest BCUT2D eigenvalue weighted by Crippen LogP contribution is -2.51. The van der Waals surface area contributed by atoms with Crippen LogP contribution in [-0.2, 0) is 16.5 Å². The Morgan fingerprint density at radius 1 is 0.978 bits per heavy atom. The van der Waals surface area contributed by atoms with Crippen LogP contribution in [-0.4, -0.2) is 72.4 Å². The third kappa shape index (κ3) is 5.10. The van der Waals surface area contributed by atoms with E-state index in [2.05, 4.69) is 27.2 Å². The van der Waals surface area contributed by atoms with Crippen molar-refractivity contribution in [3.05, 3.63) is 59.3 Å². The lowest BCUT2D eigenvalue weighted by Gasteiger charge is -2.46. The van der Waals surface area contributed by atoms with Crippen molar-refractivity contribution in [3.8, 4) is 17.4 Å². The molecule has 0 radical (unpaired) electrons. The van der Waals surface area contributed by atoms with Crippen molar-refractivity contribution in [2.75, 3.05) is 51.1 Å². The number of alkyl halides is 3. The van der Waals surface area contributed by atoms with Crippen LogP contribution in [0.2, 0.25) is 0 Å². The van der Waals surface area contributed by atoms with E-state index in [-0.39, 0.29) is 34.5 Å². The fraction of sp³-hybridized carbons (Fsp3) is 0.455. The summed E-state index contributed by atoms with van der Waals surface area (Å²) in [7, 11) is 5.28. The average molecular weight is 637 g/mol. The van der Waals surface area contributed by atoms with E-state index in [1.54, 1.807) is 36.2 Å². The fourth-order valence-electron chi connectivity index (χ4n) is 7.11. The summed E-state index contributed by atoms with van der Waals surface area (Å²) >= 11 is 0. The van der Waals surface area contributed by atoms with Crippen LogP contribution in [0.15, 0.2) is 42.6 Å². The van der Waals surface area contributed by atoms with E-state index in [1.807, 2.05) is 11.0 Å². The third-order valence-corrected chi connectivity index (χ3v) is 10.1. The summed E-state index contributed by atoms with van der Waals surface area (Å²) in [5, 5.41) is 2.94. The van der Waals surface area contributed by atoms with Gasteiger partial charge in [-0.15, -0.1) is 0 Å². The molecule has 0 atom stereocenters. The Kier molecular flexibility index (Phi) is 7.14. The number of piperidine rings is 2. The zero-order chi connectivity index (χ0) is 32.4. The van der Waals surface area contributed by atoms with Crippen LogP contribution < -0.4 is 19.7 Å². The number of benzene rings is 2. The molecule has 2 spiro atoms. The molecule has 0 unspecified atom stereocenters. The highest BCUT2D eigenvalue weighted by atomic mass is 19.4. The lowest BCUT2D eigenvalue weighted by molar-refractivity contribution is -0.139. The van der Waals surface area contributed by atoms with Crippen molar-refractivity contribution in [2.24, 2.45) is 5.41 Å². The number of rotatable bonds is 6. The Hall–Kier alpha value is -4.39. The van der Waals surface area contributed by atoms with E-state index >= 15 is 0 Å². The lowest BCUT2D eigenvalue weighted by atomic mass is 9.72. The summed E-state index contributed by atoms with van der Waals surface area (Å²) in [4.78, 5) is 39.9. The predicted molar refractivity (Wildman–Crippen MR) is 164 cm³/mol. The number of carbonyl (C=O) groups is 2. The standard InChI is InChI=1S/C33H35F3N6O4/c1-40-15-13-31(14-16-40)10-9-26(43)42(19-31)20-7-8-23(25(17-20)45-3)38-30-37-18-22(33(34,35)36)28(39-30)46-24-6-4-5-21-27(24)29(44)41(2)32(21)11-12-32/h4-8,17-18H,9-16,19H2,1-3H3,(H,37,38,39). The van der Waals surface area contributed by atoms with E-state index in [0.717, 1.165) is 50.8 Å². The van der Waals surface area contributed by atoms with Gasteiger partial charge in [0.05, 0.1) is 23.9 Å². The number of methoxy groups -OCH3 is 1. The van der Waals surface area contributed by atoms with E-state index in [1.165, 1.54) is 13.2 Å². The molecule has 13 heteroatoms. The quantitative estimate of drug-likeness (QED) is 0.354. The van der Waals surface area contributed by atoms with Crippen LogP contribution in [0.25, 0.3) is 0 Å². The first kappa shape index (κ1) is 30.3. The fourth-order valence-corrected chi connectivity index (χ4v) is 7.11. The molecule has 1 N–H and O–H groups in total. The maximum atomic E-state index is 14.1. The minimum absolute atomic E-state index is 0.00351. The highest BCUT2D eigenvalue weighted by Gasteiger charge is 2.57. The summed E-state index contributed by atoms with van der Waals surface area (Å²) in [5.41, 5.74) is 0.545. The number of aromatic nitrogens is 2. The van der Waals surface area contributed by atoms with Gasteiger partial charge in [0, 0.05) is 38.0 Å². The Bertz CT molecular complexity index is 1720. The van der Waals surface area contributed by atoms with E-state index < -0.39 is 23.2 Å². The van der Waals surface area contributed by atoms with Gasteiger partial charge < -0.3 is 29.5 Å². The Labute approximate surface area is 264 Å². The number of anilines is 3. The molecule has 1 saturated carbocycles. The Balaban J connectivity index is 1.17. The molecule has 242 valence electrons. The highest BCUT2D eigenvalue weighted by Crippen LogP contribution is 2.57. The van der Waals surface area contributed by atoms with Crippen molar-refractivity contribution in [3.63, 3.8) is 0 Å². The second-order valence-electron chi connectivity index (χ2n) is 12.9. The topological polar surface area (TPSA) is 100 Å². The zero-order valence-corrected chi connectivity index (χ0v) is 25.9. The number of nitrogens with zero attached hydrogens (tertiary/aromatic N) is 5. The minimum Gasteiger partial charge on any atom is -0.494 e. The number of halogens is 3. The molecule has 1 aliphatic carbocycles. The first-order valence-electron chi connectivity index (χ1n) is 15.4. The number of ether oxygens (including phenoxy) is 2. The maximum absolute atomic E-state index is 14.1. The Morgan fingerprint density at radius 2 is 1.74 bits per heavy atom. The number of hydrogen-bond acceptors (Lipinski definition) is 8. The first-order valence-corrected chi connectivity index (χ1v) is 15.4. The summed E-state index contributed by atoms with van der Waals surface area (Å²) in [6, 6.07) is 10.2. The zero-order valence-electron chi connectivity index (χ0n) is 25.9. The number of nitrogens with one attached hydrogen (secondary N) is 1. The van der Waals surface area contributed by atoms with Crippen LogP contribution in [0.3, 0.4) is 0 Å². The summed E-state index contributed by atoms with van der Waals surface area (Å²) in [6.45, 7) is 2.61. The van der Waals surface area contributed by atoms with E-state index in [9.17, 15) is 22.8 Å². The monoisotopic (exact) mass is 636 g/mol. The molecule has 1 aromatic heterocycles. The van der Waals surface area contributed by atoms with Gasteiger partial charge in [-0.3, -0.25) is 9.59 Å². The molecule has 46 heavy (non-hydrogen) atoms. The van der Waals surface area contributed by atoms with Gasteiger partial charge in [0.1, 0.15) is 17.1 Å². The van der Waals surface area contributed by atoms with Crippen LogP contribution >= 0.6 is 0 Å². The van der Waals surface area contributed by atoms with Crippen molar-refractivity contribution < 1.29 is 32.2 Å². The minimum atomic E-state index is -4.81. The molecule has 7 rings (SSSR count). The Morgan fingerprint density at radius 3 is 2.43 bits per heavy atom. The van der Waals surface area contributed by atoms with Gasteiger partial charge in [0.25, 0.3) is 5.91 Å². The van der Waals surface area contributed by atoms with E-state index in [0.29, 0.717) is 36.3 Å². The van der Waals surface area contributed by atoms with Gasteiger partial charge in [0.2, 0.25) is 17.7 Å². The van der Waals surface area contributed by atoms with Crippen LogP contribution in [0.4, 0.5) is 30.5 Å². The number of amides is 2. The molecule has 4 heterocycles. The van der Waals surface area contributed by atoms with Gasteiger partial charge >= 0.3 is 6.18 Å². The third-order valence-electron chi connectivity index (χ3n) is 10.1. The van der Waals surface area contributed by atoms with Gasteiger partial charge in [-0.1, -0.05) is 12.1 Å². The molecular formula is C33H35F3N6O4. The van der Waals surface area contributed by atoms with Crippen molar-refractivity contribution in [1.82, 2.24) is 19.8 Å². The summed E-state index contributed by atoms with van der Waals surface area (Å²) < 4.78 is 53.6. The second kappa shape index (κ2) is 10.9. The molecule has 2 saturated heterocycles. The number of carbonyl (C=O) groups excluding carboxylic acids is 2. The largest absolute Gasteiger partial charge is 0.494 e. The predicted octanol–water partition coefficient (Wildman–Crippen LogP) is 5.95. The molecular weight excluding hydrogens is 601 g/mol. The highest BCUT2D eigenvalue weighted by molar-refractivity contribution is 6.03. The van der Waals surface area contributed by atoms with Crippen LogP contribution in [0.5, 0.6) is 17.4 Å². The molecule has 3 aromatic rings. The summed E-state index contributed by atoms with van der Waals surface area (Å²) in [5.74, 6) is -0.786. The number of fused-ring (bicyclic) bond motifs is 2. The molecule has 2 aromatic carbocycles. The second-order valence-corrected chi connectivity index (χ2v) is 12.9. The van der Waals surface area contributed by atoms with Crippen LogP contribution in [0.1, 0.15) is 60.0 Å². The van der Waals surface area contributed by atoms with Crippen molar-refractivity contribution >= 4 is 29.1 Å². The first-order chi connectivity index (χ1) is 21.9. The van der Waals surface area contributed by atoms with E-state index in [4.69, 9.17) is 9.47 Å². The van der Waals surface area contributed by atoms with Gasteiger partial charge in [-0.05, 0) is 81.4 Å². The molecule has 4 aliphatic rings. The molecule has 2 amide bonds. The molecule has 3 aliphatic heterocycles. The maximum Gasteiger partial charge on any atom is 0.423 e. The van der Waals surface area contributed by atoms with Gasteiger partial charge in [-0.2, -0.15) is 18.2 Å². The van der Waals surface area contributed by atoms with Gasteiger partial charge in [0.15, 0.2) is 0 Å². The number of likely N-dealkylation sites (tertiary alicyclic amines) is 1. The van der Waals surface area contributed by atoms with Crippen LogP contribution in [0, 0.1) is 5.41 Å². The van der Waals surface area contributed by atoms with Gasteiger partial charge in [-0.25, -0.2) is 4.98 Å². The smallest absolute Gasteiger partial charge is 0.423 e. The number of hydrogen-bond donors (Lipinski definition) is 1. The molecule has 3 fully saturated rings.